The van der Waals surface area contributed by atoms with Crippen molar-refractivity contribution in [3.63, 3.8) is 0 Å². The van der Waals surface area contributed by atoms with Crippen LogP contribution in [-0.4, -0.2) is 27.1 Å². The smallest absolute Gasteiger partial charge is 0.387 e. The van der Waals surface area contributed by atoms with Crippen molar-refractivity contribution in [2.24, 2.45) is 0 Å². The van der Waals surface area contributed by atoms with Crippen molar-refractivity contribution >= 4 is 21.4 Å². The van der Waals surface area contributed by atoms with Crippen LogP contribution in [0.2, 0.25) is 0 Å². The Balaban J connectivity index is 2.46. The number of alkyl halides is 2. The Hall–Kier alpha value is -2.95. The molecule has 2 aromatic carbocycles. The number of hydrogen-bond donors (Lipinski definition) is 1. The third-order valence-electron chi connectivity index (χ3n) is 3.00. The fraction of sp³-hybridized carbons (Fsp3) is 0.143. The molecule has 134 valence electrons. The van der Waals surface area contributed by atoms with E-state index in [1.165, 1.54) is 31.4 Å². The molecule has 0 aliphatic carbocycles. The van der Waals surface area contributed by atoms with Gasteiger partial charge in [0.15, 0.2) is 4.90 Å². The Morgan fingerprint density at radius 1 is 1.20 bits per heavy atom. The Kier molecular flexibility index (Phi) is 5.37. The summed E-state index contributed by atoms with van der Waals surface area (Å²) in [6.07, 6.45) is 0. The van der Waals surface area contributed by atoms with E-state index in [0.29, 0.717) is 0 Å². The van der Waals surface area contributed by atoms with E-state index in [9.17, 15) is 27.3 Å². The summed E-state index contributed by atoms with van der Waals surface area (Å²) in [5.74, 6) is -0.329. The zero-order valence-electron chi connectivity index (χ0n) is 12.7. The molecule has 1 N–H and O–H groups in total. The number of nitrogens with one attached hydrogen (secondary N) is 1. The van der Waals surface area contributed by atoms with E-state index >= 15 is 0 Å². The summed E-state index contributed by atoms with van der Waals surface area (Å²) < 4.78 is 60.8. The lowest BCUT2D eigenvalue weighted by Gasteiger charge is -2.13. The molecule has 0 bridgehead atoms. The number of ether oxygens (including phenoxy) is 2. The molecule has 8 nitrogen and oxygen atoms in total. The number of nitro benzene ring substituents is 1. The van der Waals surface area contributed by atoms with Gasteiger partial charge in [0, 0.05) is 0 Å². The van der Waals surface area contributed by atoms with Gasteiger partial charge >= 0.3 is 6.61 Å². The van der Waals surface area contributed by atoms with Gasteiger partial charge in [-0.2, -0.15) is 8.78 Å². The van der Waals surface area contributed by atoms with E-state index < -0.39 is 37.9 Å². The maximum Gasteiger partial charge on any atom is 0.387 e. The third kappa shape index (κ3) is 4.32. The quantitative estimate of drug-likeness (QED) is 0.590. The van der Waals surface area contributed by atoms with Gasteiger partial charge in [-0.3, -0.25) is 14.8 Å². The SMILES string of the molecule is COc1ccc(S(=O)(=O)Nc2ccccc2OC(F)F)c([N+](=O)[O-])c1. The topological polar surface area (TPSA) is 108 Å². The zero-order chi connectivity index (χ0) is 18.6. The highest BCUT2D eigenvalue weighted by atomic mass is 32.2. The summed E-state index contributed by atoms with van der Waals surface area (Å²) in [4.78, 5) is 9.60. The van der Waals surface area contributed by atoms with Crippen molar-refractivity contribution in [2.45, 2.75) is 11.5 Å². The summed E-state index contributed by atoms with van der Waals surface area (Å²) in [7, 11) is -3.18. The van der Waals surface area contributed by atoms with E-state index in [1.54, 1.807) is 0 Å². The lowest BCUT2D eigenvalue weighted by atomic mass is 10.3. The molecular formula is C14H12F2N2O6S. The first-order valence-corrected chi connectivity index (χ1v) is 8.12. The molecular weight excluding hydrogens is 362 g/mol. The first kappa shape index (κ1) is 18.4. The van der Waals surface area contributed by atoms with Crippen molar-refractivity contribution in [1.29, 1.82) is 0 Å². The molecule has 2 aromatic rings. The molecule has 0 saturated carbocycles. The Morgan fingerprint density at radius 3 is 2.48 bits per heavy atom. The van der Waals surface area contributed by atoms with Crippen LogP contribution in [0.15, 0.2) is 47.4 Å². The fourth-order valence-electron chi connectivity index (χ4n) is 1.94. The second kappa shape index (κ2) is 7.30. The average molecular weight is 374 g/mol. The number of nitrogens with zero attached hydrogens (tertiary/aromatic N) is 1. The number of hydrogen-bond acceptors (Lipinski definition) is 6. The van der Waals surface area contributed by atoms with Crippen LogP contribution in [0.25, 0.3) is 0 Å². The number of sulfonamides is 1. The van der Waals surface area contributed by atoms with Crippen molar-refractivity contribution in [3.8, 4) is 11.5 Å². The molecule has 0 radical (unpaired) electrons. The number of anilines is 1. The fourth-order valence-corrected chi connectivity index (χ4v) is 3.17. The predicted molar refractivity (Wildman–Crippen MR) is 83.5 cm³/mol. The number of benzene rings is 2. The monoisotopic (exact) mass is 374 g/mol. The van der Waals surface area contributed by atoms with E-state index in [4.69, 9.17) is 4.74 Å². The lowest BCUT2D eigenvalue weighted by Crippen LogP contribution is -2.16. The summed E-state index contributed by atoms with van der Waals surface area (Å²) in [5, 5.41) is 11.1. The number of methoxy groups -OCH3 is 1. The van der Waals surface area contributed by atoms with Crippen molar-refractivity contribution in [2.75, 3.05) is 11.8 Å². The van der Waals surface area contributed by atoms with Gasteiger partial charge in [-0.1, -0.05) is 12.1 Å². The summed E-state index contributed by atoms with van der Waals surface area (Å²) in [6, 6.07) is 8.22. The second-order valence-corrected chi connectivity index (χ2v) is 6.22. The molecule has 0 heterocycles. The molecule has 0 fully saturated rings. The van der Waals surface area contributed by atoms with Gasteiger partial charge < -0.3 is 9.47 Å². The van der Waals surface area contributed by atoms with E-state index in [2.05, 4.69) is 4.74 Å². The van der Waals surface area contributed by atoms with Gasteiger partial charge in [0.05, 0.1) is 23.8 Å². The molecule has 2 rings (SSSR count). The molecule has 0 spiro atoms. The van der Waals surface area contributed by atoms with Gasteiger partial charge in [0.25, 0.3) is 15.7 Å². The van der Waals surface area contributed by atoms with Crippen LogP contribution >= 0.6 is 0 Å². The third-order valence-corrected chi connectivity index (χ3v) is 4.41. The summed E-state index contributed by atoms with van der Waals surface area (Å²) in [6.45, 7) is -3.17. The molecule has 0 saturated heterocycles. The van der Waals surface area contributed by atoms with Crippen LogP contribution in [-0.2, 0) is 10.0 Å². The van der Waals surface area contributed by atoms with Crippen LogP contribution in [0.4, 0.5) is 20.2 Å². The van der Waals surface area contributed by atoms with Crippen molar-refractivity contribution in [3.05, 3.63) is 52.6 Å². The molecule has 0 aliphatic heterocycles. The van der Waals surface area contributed by atoms with E-state index in [1.807, 2.05) is 4.72 Å². The Bertz CT molecular complexity index is 889. The number of para-hydroxylation sites is 2. The van der Waals surface area contributed by atoms with Crippen LogP contribution in [0, 0.1) is 10.1 Å². The second-order valence-electron chi connectivity index (χ2n) is 4.57. The zero-order valence-corrected chi connectivity index (χ0v) is 13.5. The summed E-state index contributed by atoms with van der Waals surface area (Å²) in [5.41, 5.74) is -1.01. The average Bonchev–Trinajstić information content (AvgIpc) is 2.55. The summed E-state index contributed by atoms with van der Waals surface area (Å²) >= 11 is 0. The van der Waals surface area contributed by atoms with Crippen LogP contribution in [0.5, 0.6) is 11.5 Å². The van der Waals surface area contributed by atoms with Gasteiger partial charge in [0.2, 0.25) is 0 Å². The molecule has 11 heteroatoms. The molecule has 0 unspecified atom stereocenters. The van der Waals surface area contributed by atoms with E-state index in [0.717, 1.165) is 18.2 Å². The largest absolute Gasteiger partial charge is 0.497 e. The van der Waals surface area contributed by atoms with Crippen LogP contribution in [0.1, 0.15) is 0 Å². The van der Waals surface area contributed by atoms with Gasteiger partial charge in [-0.25, -0.2) is 8.42 Å². The van der Waals surface area contributed by atoms with Crippen LogP contribution in [0.3, 0.4) is 0 Å². The maximum absolute atomic E-state index is 12.5. The normalized spacial score (nSPS) is 11.2. The highest BCUT2D eigenvalue weighted by Gasteiger charge is 2.27. The van der Waals surface area contributed by atoms with Crippen molar-refractivity contribution in [1.82, 2.24) is 0 Å². The van der Waals surface area contributed by atoms with Crippen molar-refractivity contribution < 1.29 is 31.6 Å². The standard InChI is InChI=1S/C14H12F2N2O6S/c1-23-9-6-7-13(11(8-9)18(19)20)25(21,22)17-10-4-2-3-5-12(10)24-14(15)16/h2-8,14,17H,1H3. The van der Waals surface area contributed by atoms with E-state index in [-0.39, 0.29) is 11.4 Å². The first-order valence-electron chi connectivity index (χ1n) is 6.63. The predicted octanol–water partition coefficient (Wildman–Crippen LogP) is 3.01. The lowest BCUT2D eigenvalue weighted by molar-refractivity contribution is -0.387. The Labute approximate surface area is 141 Å². The number of halogens is 2. The molecule has 0 atom stereocenters. The minimum atomic E-state index is -4.44. The van der Waals surface area contributed by atoms with Gasteiger partial charge in [-0.05, 0) is 24.3 Å². The van der Waals surface area contributed by atoms with Crippen LogP contribution < -0.4 is 14.2 Å². The maximum atomic E-state index is 12.5. The first-order chi connectivity index (χ1) is 11.7. The number of nitro groups is 1. The molecule has 0 amide bonds. The highest BCUT2D eigenvalue weighted by molar-refractivity contribution is 7.92. The number of rotatable bonds is 7. The molecule has 0 aromatic heterocycles. The highest BCUT2D eigenvalue weighted by Crippen LogP contribution is 2.32. The van der Waals surface area contributed by atoms with Gasteiger partial charge in [-0.15, -0.1) is 0 Å². The minimum Gasteiger partial charge on any atom is -0.497 e. The Morgan fingerprint density at radius 2 is 1.88 bits per heavy atom. The molecule has 25 heavy (non-hydrogen) atoms. The molecule has 0 aliphatic rings. The minimum absolute atomic E-state index is 0.0899. The van der Waals surface area contributed by atoms with Gasteiger partial charge in [0.1, 0.15) is 11.5 Å².